The maximum atomic E-state index is 12.4. The van der Waals surface area contributed by atoms with Crippen LogP contribution in [0.25, 0.3) is 10.8 Å². The molecule has 0 saturated heterocycles. The summed E-state index contributed by atoms with van der Waals surface area (Å²) in [4.78, 5) is 24.1. The smallest absolute Gasteiger partial charge is 0.323 e. The number of amides is 3. The second-order valence-corrected chi connectivity index (χ2v) is 6.07. The minimum atomic E-state index is -0.532. The van der Waals surface area contributed by atoms with Gasteiger partial charge in [0, 0.05) is 11.1 Å². The highest BCUT2D eigenvalue weighted by Crippen LogP contribution is 2.32. The van der Waals surface area contributed by atoms with Gasteiger partial charge in [0.25, 0.3) is 5.91 Å². The van der Waals surface area contributed by atoms with Gasteiger partial charge in [-0.3, -0.25) is 4.79 Å². The van der Waals surface area contributed by atoms with E-state index in [1.54, 1.807) is 25.1 Å². The molecule has 0 aromatic heterocycles. The lowest BCUT2D eigenvalue weighted by molar-refractivity contribution is -0.122. The zero-order valence-electron chi connectivity index (χ0n) is 14.1. The normalized spacial score (nSPS) is 15.6. The molecular weight excluding hydrogens is 330 g/mol. The number of benzene rings is 3. The molecule has 1 heterocycles. The van der Waals surface area contributed by atoms with Gasteiger partial charge in [-0.1, -0.05) is 36.4 Å². The molecule has 130 valence electrons. The van der Waals surface area contributed by atoms with Gasteiger partial charge in [0.15, 0.2) is 6.10 Å². The number of nitrogens with one attached hydrogen (secondary N) is 3. The minimum Gasteiger partial charge on any atom is -0.479 e. The topological polar surface area (TPSA) is 79.5 Å². The second-order valence-electron chi connectivity index (χ2n) is 6.07. The summed E-state index contributed by atoms with van der Waals surface area (Å²) < 4.78 is 5.51. The van der Waals surface area contributed by atoms with Crippen LogP contribution in [0.5, 0.6) is 5.75 Å². The summed E-state index contributed by atoms with van der Waals surface area (Å²) in [7, 11) is 0. The summed E-state index contributed by atoms with van der Waals surface area (Å²) in [5.41, 5.74) is 1.82. The van der Waals surface area contributed by atoms with Crippen molar-refractivity contribution >= 4 is 39.8 Å². The molecule has 3 aromatic carbocycles. The van der Waals surface area contributed by atoms with Crippen LogP contribution in [0.2, 0.25) is 0 Å². The Bertz CT molecular complexity index is 1010. The summed E-state index contributed by atoms with van der Waals surface area (Å²) in [6, 6.07) is 18.3. The zero-order valence-corrected chi connectivity index (χ0v) is 14.1. The molecule has 0 radical (unpaired) electrons. The van der Waals surface area contributed by atoms with Crippen molar-refractivity contribution in [1.82, 2.24) is 0 Å². The molecule has 0 fully saturated rings. The Labute approximate surface area is 150 Å². The molecular formula is C20H17N3O3. The third-order valence-electron chi connectivity index (χ3n) is 4.21. The Kier molecular flexibility index (Phi) is 3.93. The van der Waals surface area contributed by atoms with Crippen LogP contribution in [0, 0.1) is 0 Å². The van der Waals surface area contributed by atoms with Crippen molar-refractivity contribution in [2.45, 2.75) is 13.0 Å². The predicted molar refractivity (Wildman–Crippen MR) is 102 cm³/mol. The minimum absolute atomic E-state index is 0.213. The van der Waals surface area contributed by atoms with Crippen molar-refractivity contribution < 1.29 is 14.3 Å². The number of hydrogen-bond donors (Lipinski definition) is 3. The molecule has 1 aliphatic rings. The number of carbonyl (C=O) groups excluding carboxylic acids is 2. The van der Waals surface area contributed by atoms with E-state index in [2.05, 4.69) is 16.0 Å². The van der Waals surface area contributed by atoms with Crippen LogP contribution in [0.1, 0.15) is 6.92 Å². The lowest BCUT2D eigenvalue weighted by atomic mass is 10.1. The zero-order chi connectivity index (χ0) is 18.1. The first-order valence-electron chi connectivity index (χ1n) is 8.27. The van der Waals surface area contributed by atoms with E-state index in [4.69, 9.17) is 4.74 Å². The van der Waals surface area contributed by atoms with Gasteiger partial charge in [-0.05, 0) is 36.6 Å². The molecule has 3 amide bonds. The largest absolute Gasteiger partial charge is 0.479 e. The lowest BCUT2D eigenvalue weighted by Crippen LogP contribution is -2.34. The Morgan fingerprint density at radius 2 is 1.85 bits per heavy atom. The fourth-order valence-electron chi connectivity index (χ4n) is 2.91. The van der Waals surface area contributed by atoms with Crippen LogP contribution in [0.4, 0.5) is 21.9 Å². The summed E-state index contributed by atoms with van der Waals surface area (Å²) in [6.07, 6.45) is -0.532. The molecule has 26 heavy (non-hydrogen) atoms. The molecule has 1 atom stereocenters. The first-order chi connectivity index (χ1) is 12.6. The Hall–Kier alpha value is -3.54. The van der Waals surface area contributed by atoms with Gasteiger partial charge in [-0.2, -0.15) is 0 Å². The van der Waals surface area contributed by atoms with E-state index in [1.165, 1.54) is 0 Å². The third-order valence-corrected chi connectivity index (χ3v) is 4.21. The van der Waals surface area contributed by atoms with Crippen LogP contribution >= 0.6 is 0 Å². The van der Waals surface area contributed by atoms with E-state index >= 15 is 0 Å². The van der Waals surface area contributed by atoms with Gasteiger partial charge < -0.3 is 20.7 Å². The van der Waals surface area contributed by atoms with Gasteiger partial charge in [-0.15, -0.1) is 0 Å². The quantitative estimate of drug-likeness (QED) is 0.650. The monoisotopic (exact) mass is 347 g/mol. The summed E-state index contributed by atoms with van der Waals surface area (Å²) in [5.74, 6) is 0.368. The van der Waals surface area contributed by atoms with Gasteiger partial charge in [0.2, 0.25) is 0 Å². The number of rotatable bonds is 2. The SMILES string of the molecule is CC1Oc2ccc(NC(=O)Nc3cccc4ccccc34)cc2NC1=O. The molecule has 6 heteroatoms. The third kappa shape index (κ3) is 3.04. The van der Waals surface area contributed by atoms with Crippen LogP contribution in [-0.2, 0) is 4.79 Å². The first-order valence-corrected chi connectivity index (χ1v) is 8.27. The number of carbonyl (C=O) groups is 2. The van der Waals surface area contributed by atoms with Gasteiger partial charge in [0.05, 0.1) is 11.4 Å². The number of ether oxygens (including phenoxy) is 1. The number of fused-ring (bicyclic) bond motifs is 2. The highest BCUT2D eigenvalue weighted by Gasteiger charge is 2.23. The van der Waals surface area contributed by atoms with Crippen LogP contribution in [-0.4, -0.2) is 18.0 Å². The van der Waals surface area contributed by atoms with E-state index < -0.39 is 6.10 Å². The summed E-state index contributed by atoms with van der Waals surface area (Å²) in [5, 5.41) is 10.4. The number of anilines is 3. The highest BCUT2D eigenvalue weighted by atomic mass is 16.5. The maximum absolute atomic E-state index is 12.4. The van der Waals surface area contributed by atoms with Crippen molar-refractivity contribution in [3.63, 3.8) is 0 Å². The molecule has 4 rings (SSSR count). The average molecular weight is 347 g/mol. The molecule has 1 unspecified atom stereocenters. The van der Waals surface area contributed by atoms with Crippen molar-refractivity contribution in [3.05, 3.63) is 60.7 Å². The Morgan fingerprint density at radius 1 is 1.04 bits per heavy atom. The van der Waals surface area contributed by atoms with Crippen molar-refractivity contribution in [1.29, 1.82) is 0 Å². The van der Waals surface area contributed by atoms with Crippen molar-refractivity contribution in [2.75, 3.05) is 16.0 Å². The van der Waals surface area contributed by atoms with Crippen molar-refractivity contribution in [3.8, 4) is 5.75 Å². The molecule has 0 spiro atoms. The van der Waals surface area contributed by atoms with E-state index in [1.807, 2.05) is 42.5 Å². The number of hydrogen-bond acceptors (Lipinski definition) is 3. The first kappa shape index (κ1) is 16.0. The lowest BCUT2D eigenvalue weighted by Gasteiger charge is -2.23. The van der Waals surface area contributed by atoms with Crippen molar-refractivity contribution in [2.24, 2.45) is 0 Å². The molecule has 0 bridgehead atoms. The highest BCUT2D eigenvalue weighted by molar-refractivity contribution is 6.06. The Morgan fingerprint density at radius 3 is 2.73 bits per heavy atom. The van der Waals surface area contributed by atoms with Gasteiger partial charge >= 0.3 is 6.03 Å². The fourth-order valence-corrected chi connectivity index (χ4v) is 2.91. The molecule has 3 aromatic rings. The molecule has 1 aliphatic heterocycles. The molecule has 0 aliphatic carbocycles. The van der Waals surface area contributed by atoms with E-state index in [0.717, 1.165) is 16.5 Å². The van der Waals surface area contributed by atoms with E-state index in [-0.39, 0.29) is 11.9 Å². The average Bonchev–Trinajstić information content (AvgIpc) is 2.63. The number of urea groups is 1. The second kappa shape index (κ2) is 6.40. The van der Waals surface area contributed by atoms with Gasteiger partial charge in [0.1, 0.15) is 5.75 Å². The van der Waals surface area contributed by atoms with Crippen LogP contribution < -0.4 is 20.7 Å². The molecule has 6 nitrogen and oxygen atoms in total. The van der Waals surface area contributed by atoms with Crippen LogP contribution in [0.3, 0.4) is 0 Å². The van der Waals surface area contributed by atoms with Gasteiger partial charge in [-0.25, -0.2) is 4.79 Å². The summed E-state index contributed by atoms with van der Waals surface area (Å²) in [6.45, 7) is 1.68. The fraction of sp³-hybridized carbons (Fsp3) is 0.100. The Balaban J connectivity index is 1.52. The van der Waals surface area contributed by atoms with Crippen LogP contribution in [0.15, 0.2) is 60.7 Å². The summed E-state index contributed by atoms with van der Waals surface area (Å²) >= 11 is 0. The maximum Gasteiger partial charge on any atom is 0.323 e. The van der Waals surface area contributed by atoms with E-state index in [9.17, 15) is 9.59 Å². The standard InChI is InChI=1S/C20H17N3O3/c1-12-19(24)22-17-11-14(9-10-18(17)26-12)21-20(25)23-16-8-4-6-13-5-2-3-7-15(13)16/h2-12H,1H3,(H,22,24)(H2,21,23,25). The molecule has 3 N–H and O–H groups in total. The predicted octanol–water partition coefficient (Wildman–Crippen LogP) is 4.20. The molecule has 0 saturated carbocycles. The van der Waals surface area contributed by atoms with E-state index in [0.29, 0.717) is 17.1 Å².